The Hall–Kier alpha value is -0.310. The maximum Gasteiger partial charge on any atom is 0.166 e. The van der Waals surface area contributed by atoms with Gasteiger partial charge in [0, 0.05) is 13.6 Å². The quantitative estimate of drug-likeness (QED) is 0.577. The molecule has 0 amide bonds. The fourth-order valence-corrected chi connectivity index (χ4v) is 3.45. The minimum Gasteiger partial charge on any atom is -0.366 e. The molecule has 0 aliphatic heterocycles. The highest BCUT2D eigenvalue weighted by molar-refractivity contribution is 7.80. The first-order valence-corrected chi connectivity index (χ1v) is 9.03. The van der Waals surface area contributed by atoms with Crippen LogP contribution in [0.4, 0.5) is 0 Å². The third-order valence-electron chi connectivity index (χ3n) is 4.78. The van der Waals surface area contributed by atoms with Crippen molar-refractivity contribution in [2.75, 3.05) is 13.6 Å². The number of thiocarbonyl (C=S) groups is 1. The van der Waals surface area contributed by atoms with Crippen molar-refractivity contribution in [2.45, 2.75) is 84.0 Å². The lowest BCUT2D eigenvalue weighted by Gasteiger charge is -2.30. The number of rotatable bonds is 4. The van der Waals surface area contributed by atoms with Gasteiger partial charge in [-0.3, -0.25) is 0 Å². The molecule has 0 aromatic rings. The molecule has 2 N–H and O–H groups in total. The fraction of sp³-hybridized carbons (Fsp3) is 0.941. The molecule has 0 aromatic carbocycles. The standard InChI is InChI=1S/C17H34N2S/c1-17(14-11-15-19-16(20)18-2)12-9-7-5-3-4-6-8-10-13-17/h3-15H2,1-2H3,(H2,18,19,20). The summed E-state index contributed by atoms with van der Waals surface area (Å²) in [6.07, 6.45) is 17.0. The van der Waals surface area contributed by atoms with Crippen LogP contribution in [0.25, 0.3) is 0 Å². The van der Waals surface area contributed by atoms with Gasteiger partial charge >= 0.3 is 0 Å². The van der Waals surface area contributed by atoms with Crippen LogP contribution in [0.3, 0.4) is 0 Å². The van der Waals surface area contributed by atoms with E-state index >= 15 is 0 Å². The topological polar surface area (TPSA) is 24.1 Å². The Morgan fingerprint density at radius 1 is 0.950 bits per heavy atom. The molecule has 1 saturated carbocycles. The van der Waals surface area contributed by atoms with Crippen LogP contribution in [-0.2, 0) is 0 Å². The summed E-state index contributed by atoms with van der Waals surface area (Å²) in [4.78, 5) is 0. The largest absolute Gasteiger partial charge is 0.366 e. The average Bonchev–Trinajstić information content (AvgIpc) is 2.49. The summed E-state index contributed by atoms with van der Waals surface area (Å²) >= 11 is 5.12. The van der Waals surface area contributed by atoms with Crippen LogP contribution in [0, 0.1) is 5.41 Å². The maximum absolute atomic E-state index is 5.12. The SMILES string of the molecule is CNC(=S)NCCCC1(C)CCCCCCCCCC1. The van der Waals surface area contributed by atoms with Crippen LogP contribution < -0.4 is 10.6 Å². The zero-order valence-corrected chi connectivity index (χ0v) is 14.4. The van der Waals surface area contributed by atoms with Crippen molar-refractivity contribution in [3.05, 3.63) is 0 Å². The van der Waals surface area contributed by atoms with E-state index in [2.05, 4.69) is 17.6 Å². The summed E-state index contributed by atoms with van der Waals surface area (Å²) < 4.78 is 0. The van der Waals surface area contributed by atoms with Gasteiger partial charge in [0.2, 0.25) is 0 Å². The first kappa shape index (κ1) is 17.7. The van der Waals surface area contributed by atoms with Gasteiger partial charge in [-0.15, -0.1) is 0 Å². The molecule has 118 valence electrons. The summed E-state index contributed by atoms with van der Waals surface area (Å²) in [5.41, 5.74) is 0.563. The molecule has 1 aliphatic carbocycles. The normalized spacial score (nSPS) is 20.7. The highest BCUT2D eigenvalue weighted by Crippen LogP contribution is 2.36. The predicted octanol–water partition coefficient (Wildman–Crippen LogP) is 4.78. The molecule has 20 heavy (non-hydrogen) atoms. The molecule has 2 nitrogen and oxygen atoms in total. The molecule has 3 heteroatoms. The van der Waals surface area contributed by atoms with Crippen molar-refractivity contribution >= 4 is 17.3 Å². The maximum atomic E-state index is 5.12. The Balaban J connectivity index is 2.30. The molecule has 0 bridgehead atoms. The zero-order chi connectivity index (χ0) is 14.7. The van der Waals surface area contributed by atoms with Gasteiger partial charge in [0.1, 0.15) is 0 Å². The van der Waals surface area contributed by atoms with Crippen LogP contribution in [0.5, 0.6) is 0 Å². The van der Waals surface area contributed by atoms with Crippen LogP contribution in [0.1, 0.15) is 84.0 Å². The van der Waals surface area contributed by atoms with Gasteiger partial charge in [0.05, 0.1) is 0 Å². The highest BCUT2D eigenvalue weighted by Gasteiger charge is 2.23. The van der Waals surface area contributed by atoms with Crippen molar-refractivity contribution in [3.8, 4) is 0 Å². The summed E-state index contributed by atoms with van der Waals surface area (Å²) in [7, 11) is 1.88. The van der Waals surface area contributed by atoms with Gasteiger partial charge in [0.15, 0.2) is 5.11 Å². The minimum atomic E-state index is 0.563. The van der Waals surface area contributed by atoms with Crippen molar-refractivity contribution in [1.82, 2.24) is 10.6 Å². The molecule has 0 radical (unpaired) electrons. The zero-order valence-electron chi connectivity index (χ0n) is 13.6. The Bertz CT molecular complexity index is 254. The van der Waals surface area contributed by atoms with E-state index in [9.17, 15) is 0 Å². The van der Waals surface area contributed by atoms with E-state index in [-0.39, 0.29) is 0 Å². The molecule has 0 saturated heterocycles. The second-order valence-corrected chi connectivity index (χ2v) is 7.16. The van der Waals surface area contributed by atoms with Gasteiger partial charge in [-0.25, -0.2) is 0 Å². The van der Waals surface area contributed by atoms with E-state index in [1.165, 1.54) is 77.0 Å². The number of nitrogens with one attached hydrogen (secondary N) is 2. The van der Waals surface area contributed by atoms with Crippen LogP contribution in [-0.4, -0.2) is 18.7 Å². The minimum absolute atomic E-state index is 0.563. The van der Waals surface area contributed by atoms with Gasteiger partial charge in [-0.1, -0.05) is 58.3 Å². The molecule has 1 fully saturated rings. The van der Waals surface area contributed by atoms with E-state index in [1.807, 2.05) is 7.05 Å². The molecule has 0 atom stereocenters. The van der Waals surface area contributed by atoms with Gasteiger partial charge in [-0.2, -0.15) is 0 Å². The van der Waals surface area contributed by atoms with Crippen molar-refractivity contribution in [1.29, 1.82) is 0 Å². The second-order valence-electron chi connectivity index (χ2n) is 6.75. The number of hydrogen-bond donors (Lipinski definition) is 2. The molecule has 0 heterocycles. The lowest BCUT2D eigenvalue weighted by molar-refractivity contribution is 0.228. The molecular formula is C17H34N2S. The van der Waals surface area contributed by atoms with Crippen molar-refractivity contribution in [2.24, 2.45) is 5.41 Å². The third-order valence-corrected chi connectivity index (χ3v) is 5.13. The molecule has 0 unspecified atom stereocenters. The Morgan fingerprint density at radius 2 is 1.45 bits per heavy atom. The molecule has 1 rings (SSSR count). The van der Waals surface area contributed by atoms with Crippen molar-refractivity contribution in [3.63, 3.8) is 0 Å². The van der Waals surface area contributed by atoms with Gasteiger partial charge in [-0.05, 0) is 43.3 Å². The smallest absolute Gasteiger partial charge is 0.166 e. The average molecular weight is 299 g/mol. The van der Waals surface area contributed by atoms with E-state index in [0.717, 1.165) is 11.7 Å². The first-order chi connectivity index (χ1) is 9.66. The Kier molecular flexibility index (Phi) is 9.24. The van der Waals surface area contributed by atoms with E-state index in [0.29, 0.717) is 5.41 Å². The third kappa shape index (κ3) is 8.08. The van der Waals surface area contributed by atoms with E-state index in [4.69, 9.17) is 12.2 Å². The number of hydrogen-bond acceptors (Lipinski definition) is 1. The van der Waals surface area contributed by atoms with Crippen molar-refractivity contribution < 1.29 is 0 Å². The lowest BCUT2D eigenvalue weighted by Crippen LogP contribution is -2.33. The second kappa shape index (κ2) is 10.4. The van der Waals surface area contributed by atoms with Gasteiger partial charge < -0.3 is 10.6 Å². The highest BCUT2D eigenvalue weighted by atomic mass is 32.1. The summed E-state index contributed by atoms with van der Waals surface area (Å²) in [6, 6.07) is 0. The van der Waals surface area contributed by atoms with E-state index < -0.39 is 0 Å². The first-order valence-electron chi connectivity index (χ1n) is 8.62. The van der Waals surface area contributed by atoms with Crippen LogP contribution >= 0.6 is 12.2 Å². The summed E-state index contributed by atoms with van der Waals surface area (Å²) in [5.74, 6) is 0. The van der Waals surface area contributed by atoms with Gasteiger partial charge in [0.25, 0.3) is 0 Å². The molecule has 0 aromatic heterocycles. The molecular weight excluding hydrogens is 264 g/mol. The molecule has 0 spiro atoms. The summed E-state index contributed by atoms with van der Waals surface area (Å²) in [6.45, 7) is 3.52. The lowest BCUT2D eigenvalue weighted by atomic mass is 9.76. The van der Waals surface area contributed by atoms with Crippen LogP contribution in [0.2, 0.25) is 0 Å². The van der Waals surface area contributed by atoms with E-state index in [1.54, 1.807) is 0 Å². The Labute approximate surface area is 131 Å². The predicted molar refractivity (Wildman–Crippen MR) is 93.2 cm³/mol. The molecule has 1 aliphatic rings. The Morgan fingerprint density at radius 3 is 1.95 bits per heavy atom. The monoisotopic (exact) mass is 298 g/mol. The fourth-order valence-electron chi connectivity index (χ4n) is 3.34. The van der Waals surface area contributed by atoms with Crippen LogP contribution in [0.15, 0.2) is 0 Å². The summed E-state index contributed by atoms with van der Waals surface area (Å²) in [5, 5.41) is 7.02.